The Hall–Kier alpha value is -1.08. The molecule has 7 heteroatoms. The second kappa shape index (κ2) is 11.7. The fourth-order valence-corrected chi connectivity index (χ4v) is 3.92. The zero-order valence-electron chi connectivity index (χ0n) is 16.2. The Balaban J connectivity index is 2.44. The summed E-state index contributed by atoms with van der Waals surface area (Å²) < 4.78 is 27.8. The Bertz CT molecular complexity index is 469. The van der Waals surface area contributed by atoms with Gasteiger partial charge in [0.15, 0.2) is 0 Å². The maximum atomic E-state index is 13.9. The van der Waals surface area contributed by atoms with Gasteiger partial charge in [-0.05, 0) is 38.0 Å². The first-order valence-electron chi connectivity index (χ1n) is 10.2. The molecule has 0 spiro atoms. The van der Waals surface area contributed by atoms with Crippen LogP contribution in [-0.2, 0) is 9.59 Å². The summed E-state index contributed by atoms with van der Waals surface area (Å²) in [6.07, 6.45) is 1.81. The summed E-state index contributed by atoms with van der Waals surface area (Å²) in [5, 5.41) is 28.6. The highest BCUT2D eigenvalue weighted by molar-refractivity contribution is 5.84. The maximum absolute atomic E-state index is 13.9. The van der Waals surface area contributed by atoms with E-state index in [0.29, 0.717) is 25.7 Å². The predicted octanol–water partition coefficient (Wildman–Crippen LogP) is 3.94. The van der Waals surface area contributed by atoms with Gasteiger partial charge in [0.05, 0.1) is 6.10 Å². The van der Waals surface area contributed by atoms with E-state index in [9.17, 15) is 28.6 Å². The first-order chi connectivity index (χ1) is 12.7. The van der Waals surface area contributed by atoms with E-state index in [1.807, 2.05) is 6.92 Å². The van der Waals surface area contributed by atoms with Gasteiger partial charge >= 0.3 is 5.97 Å². The number of hydrogen-bond donors (Lipinski definition) is 3. The van der Waals surface area contributed by atoms with Crippen LogP contribution in [-0.4, -0.2) is 45.2 Å². The summed E-state index contributed by atoms with van der Waals surface area (Å²) in [6, 6.07) is 0. The van der Waals surface area contributed by atoms with Crippen molar-refractivity contribution in [3.05, 3.63) is 0 Å². The van der Waals surface area contributed by atoms with Crippen molar-refractivity contribution < 1.29 is 33.7 Å². The Morgan fingerprint density at radius 1 is 1.19 bits per heavy atom. The third kappa shape index (κ3) is 8.21. The number of Topliss-reactive ketones (excluding diaryl/α,β-unsaturated/α-hetero) is 1. The van der Waals surface area contributed by atoms with Gasteiger partial charge in [-0.25, -0.2) is 8.78 Å². The molecule has 0 bridgehead atoms. The second-order valence-electron chi connectivity index (χ2n) is 7.81. The third-order valence-electron chi connectivity index (χ3n) is 5.62. The lowest BCUT2D eigenvalue weighted by Crippen LogP contribution is -2.34. The van der Waals surface area contributed by atoms with Crippen molar-refractivity contribution in [3.63, 3.8) is 0 Å². The van der Waals surface area contributed by atoms with Gasteiger partial charge in [-0.15, -0.1) is 0 Å². The van der Waals surface area contributed by atoms with Gasteiger partial charge < -0.3 is 15.3 Å². The number of carboxylic acid groups (broad SMARTS) is 1. The minimum atomic E-state index is -3.14. The number of unbranched alkanes of at least 4 members (excludes halogenated alkanes) is 4. The molecule has 1 fully saturated rings. The summed E-state index contributed by atoms with van der Waals surface area (Å²) >= 11 is 0. The Morgan fingerprint density at radius 2 is 1.85 bits per heavy atom. The SMILES string of the molecule is CCCCC(F)(F)[C@H](O)CC[C@H]1[C@H](O)CC(=O)[C@@H]1CCCCCCC(=O)O. The van der Waals surface area contributed by atoms with Gasteiger partial charge in [0.1, 0.15) is 11.9 Å². The van der Waals surface area contributed by atoms with Crippen LogP contribution in [0.5, 0.6) is 0 Å². The molecule has 0 aromatic heterocycles. The number of carbonyl (C=O) groups excluding carboxylic acids is 1. The van der Waals surface area contributed by atoms with Crippen molar-refractivity contribution in [1.29, 1.82) is 0 Å². The van der Waals surface area contributed by atoms with Crippen LogP contribution < -0.4 is 0 Å². The molecule has 0 saturated heterocycles. The highest BCUT2D eigenvalue weighted by atomic mass is 19.3. The number of carbonyl (C=O) groups is 2. The molecule has 0 amide bonds. The number of ketones is 1. The first-order valence-corrected chi connectivity index (χ1v) is 10.2. The van der Waals surface area contributed by atoms with Crippen LogP contribution in [0.1, 0.15) is 84.0 Å². The Kier molecular flexibility index (Phi) is 10.4. The number of hydrogen-bond acceptors (Lipinski definition) is 4. The zero-order valence-corrected chi connectivity index (χ0v) is 16.2. The smallest absolute Gasteiger partial charge is 0.303 e. The normalized spacial score (nSPS) is 24.3. The van der Waals surface area contributed by atoms with Crippen molar-refractivity contribution in [2.75, 3.05) is 0 Å². The molecule has 0 aliphatic heterocycles. The van der Waals surface area contributed by atoms with Gasteiger partial charge in [-0.2, -0.15) is 0 Å². The Morgan fingerprint density at radius 3 is 2.48 bits per heavy atom. The van der Waals surface area contributed by atoms with Gasteiger partial charge in [0, 0.05) is 25.2 Å². The highest BCUT2D eigenvalue weighted by Crippen LogP contribution is 2.38. The maximum Gasteiger partial charge on any atom is 0.303 e. The summed E-state index contributed by atoms with van der Waals surface area (Å²) in [7, 11) is 0. The van der Waals surface area contributed by atoms with E-state index >= 15 is 0 Å². The fraction of sp³-hybridized carbons (Fsp3) is 0.900. The fourth-order valence-electron chi connectivity index (χ4n) is 3.92. The van der Waals surface area contributed by atoms with Gasteiger partial charge in [0.25, 0.3) is 5.92 Å². The molecular weight excluding hydrogens is 358 g/mol. The lowest BCUT2D eigenvalue weighted by molar-refractivity contribution is -0.137. The number of aliphatic carboxylic acids is 1. The number of alkyl halides is 2. The van der Waals surface area contributed by atoms with Gasteiger partial charge in [0.2, 0.25) is 0 Å². The van der Waals surface area contributed by atoms with E-state index < -0.39 is 24.1 Å². The quantitative estimate of drug-likeness (QED) is 0.389. The standard InChI is InChI=1S/C20H34F2O5/c1-2-3-12-20(21,22)18(25)11-10-15-14(16(23)13-17(15)24)8-6-4-5-7-9-19(26)27/h14-15,17-18,24-25H,2-13H2,1H3,(H,26,27)/t14-,15-,17-,18-/m1/s1. The van der Waals surface area contributed by atoms with E-state index in [4.69, 9.17) is 5.11 Å². The molecule has 3 N–H and O–H groups in total. The number of rotatable bonds is 14. The second-order valence-corrected chi connectivity index (χ2v) is 7.81. The number of aliphatic hydroxyl groups is 2. The summed E-state index contributed by atoms with van der Waals surface area (Å²) in [6.45, 7) is 1.81. The Labute approximate surface area is 160 Å². The van der Waals surface area contributed by atoms with E-state index in [-0.39, 0.29) is 49.7 Å². The lowest BCUT2D eigenvalue weighted by Gasteiger charge is -2.26. The molecule has 1 aliphatic rings. The van der Waals surface area contributed by atoms with E-state index in [2.05, 4.69) is 0 Å². The van der Waals surface area contributed by atoms with Crippen LogP contribution in [0.3, 0.4) is 0 Å². The topological polar surface area (TPSA) is 94.8 Å². The van der Waals surface area contributed by atoms with Crippen LogP contribution in [0.4, 0.5) is 8.78 Å². The molecule has 0 heterocycles. The van der Waals surface area contributed by atoms with E-state index in [0.717, 1.165) is 19.3 Å². The minimum Gasteiger partial charge on any atom is -0.481 e. The molecule has 27 heavy (non-hydrogen) atoms. The zero-order chi connectivity index (χ0) is 20.4. The minimum absolute atomic E-state index is 0.0368. The number of carboxylic acids is 1. The summed E-state index contributed by atoms with van der Waals surface area (Å²) in [5.41, 5.74) is 0. The molecule has 1 rings (SSSR count). The van der Waals surface area contributed by atoms with Gasteiger partial charge in [-0.3, -0.25) is 9.59 Å². The molecule has 158 valence electrons. The van der Waals surface area contributed by atoms with Crippen molar-refractivity contribution in [2.45, 2.75) is 102 Å². The highest BCUT2D eigenvalue weighted by Gasteiger charge is 2.43. The van der Waals surface area contributed by atoms with Crippen molar-refractivity contribution in [1.82, 2.24) is 0 Å². The van der Waals surface area contributed by atoms with Crippen LogP contribution >= 0.6 is 0 Å². The van der Waals surface area contributed by atoms with Crippen LogP contribution in [0.2, 0.25) is 0 Å². The summed E-state index contributed by atoms with van der Waals surface area (Å²) in [4.78, 5) is 22.6. The van der Waals surface area contributed by atoms with E-state index in [1.54, 1.807) is 0 Å². The molecule has 0 radical (unpaired) electrons. The largest absolute Gasteiger partial charge is 0.481 e. The van der Waals surface area contributed by atoms with Crippen molar-refractivity contribution in [2.24, 2.45) is 11.8 Å². The summed E-state index contributed by atoms with van der Waals surface area (Å²) in [5.74, 6) is -4.73. The first kappa shape index (κ1) is 24.0. The van der Waals surface area contributed by atoms with Crippen LogP contribution in [0.15, 0.2) is 0 Å². The molecule has 0 aromatic carbocycles. The van der Waals surface area contributed by atoms with E-state index in [1.165, 1.54) is 0 Å². The molecule has 1 aliphatic carbocycles. The predicted molar refractivity (Wildman–Crippen MR) is 97.7 cm³/mol. The monoisotopic (exact) mass is 392 g/mol. The average molecular weight is 392 g/mol. The molecular formula is C20H34F2O5. The van der Waals surface area contributed by atoms with Gasteiger partial charge in [-0.1, -0.05) is 32.6 Å². The van der Waals surface area contributed by atoms with Crippen molar-refractivity contribution in [3.8, 4) is 0 Å². The lowest BCUT2D eigenvalue weighted by atomic mass is 9.84. The van der Waals surface area contributed by atoms with Crippen molar-refractivity contribution >= 4 is 11.8 Å². The molecule has 4 atom stereocenters. The molecule has 5 nitrogen and oxygen atoms in total. The number of aliphatic hydroxyl groups excluding tert-OH is 2. The van der Waals surface area contributed by atoms with Crippen LogP contribution in [0, 0.1) is 11.8 Å². The third-order valence-corrected chi connectivity index (χ3v) is 5.62. The molecule has 0 aromatic rings. The molecule has 0 unspecified atom stereocenters. The molecule has 1 saturated carbocycles. The van der Waals surface area contributed by atoms with Crippen LogP contribution in [0.25, 0.3) is 0 Å². The average Bonchev–Trinajstić information content (AvgIpc) is 2.86. The number of halogens is 2.